The van der Waals surface area contributed by atoms with Crippen LogP contribution in [0.15, 0.2) is 40.1 Å². The van der Waals surface area contributed by atoms with E-state index in [-0.39, 0.29) is 23.1 Å². The number of halogens is 1. The van der Waals surface area contributed by atoms with Gasteiger partial charge in [0.2, 0.25) is 0 Å². The van der Waals surface area contributed by atoms with Crippen molar-refractivity contribution >= 4 is 10.9 Å². The van der Waals surface area contributed by atoms with Crippen LogP contribution in [0.1, 0.15) is 19.9 Å². The highest BCUT2D eigenvalue weighted by molar-refractivity contribution is 5.93. The van der Waals surface area contributed by atoms with Crippen LogP contribution in [0.25, 0.3) is 22.2 Å². The molecule has 120 valence electrons. The van der Waals surface area contributed by atoms with Gasteiger partial charge in [-0.1, -0.05) is 0 Å². The molecule has 0 saturated heterocycles. The Morgan fingerprint density at radius 3 is 2.17 bits per heavy atom. The second-order valence-corrected chi connectivity index (χ2v) is 5.95. The lowest BCUT2D eigenvalue weighted by Gasteiger charge is -2.13. The third-order valence-corrected chi connectivity index (χ3v) is 4.14. The lowest BCUT2D eigenvalue weighted by Crippen LogP contribution is -2.36. The van der Waals surface area contributed by atoms with Gasteiger partial charge in [-0.25, -0.2) is 9.18 Å². The minimum atomic E-state index is -0.367. The van der Waals surface area contributed by atoms with Crippen LogP contribution in [0, 0.1) is 5.82 Å². The van der Waals surface area contributed by atoms with E-state index in [2.05, 4.69) is 0 Å². The van der Waals surface area contributed by atoms with E-state index in [4.69, 9.17) is 0 Å². The van der Waals surface area contributed by atoms with Gasteiger partial charge in [-0.15, -0.1) is 0 Å². The molecular weight excluding hydrogens is 297 g/mol. The van der Waals surface area contributed by atoms with Crippen molar-refractivity contribution in [3.8, 4) is 11.3 Å². The zero-order valence-corrected chi connectivity index (χ0v) is 13.5. The van der Waals surface area contributed by atoms with E-state index in [1.54, 1.807) is 19.2 Å². The van der Waals surface area contributed by atoms with Gasteiger partial charge in [0.1, 0.15) is 5.82 Å². The van der Waals surface area contributed by atoms with E-state index in [0.717, 1.165) is 10.1 Å². The van der Waals surface area contributed by atoms with Crippen molar-refractivity contribution in [2.45, 2.75) is 19.9 Å². The van der Waals surface area contributed by atoms with Crippen LogP contribution in [0.3, 0.4) is 0 Å². The van der Waals surface area contributed by atoms with Crippen molar-refractivity contribution < 1.29 is 4.39 Å². The number of rotatable bonds is 2. The zero-order valence-electron chi connectivity index (χ0n) is 13.5. The van der Waals surface area contributed by atoms with E-state index >= 15 is 0 Å². The van der Waals surface area contributed by atoms with Crippen molar-refractivity contribution in [3.05, 3.63) is 57.1 Å². The molecule has 0 saturated carbocycles. The fourth-order valence-corrected chi connectivity index (χ4v) is 2.87. The first-order valence-corrected chi connectivity index (χ1v) is 7.39. The first-order chi connectivity index (χ1) is 10.8. The number of fused-ring (bicyclic) bond motifs is 1. The van der Waals surface area contributed by atoms with E-state index < -0.39 is 0 Å². The molecule has 5 nitrogen and oxygen atoms in total. The number of benzene rings is 1. The number of hydrogen-bond donors (Lipinski definition) is 0. The summed E-state index contributed by atoms with van der Waals surface area (Å²) in [7, 11) is 3.11. The first-order valence-electron chi connectivity index (χ1n) is 7.39. The molecule has 6 heteroatoms. The Bertz CT molecular complexity index is 1010. The van der Waals surface area contributed by atoms with Gasteiger partial charge < -0.3 is 4.57 Å². The second-order valence-electron chi connectivity index (χ2n) is 5.95. The molecule has 0 unspecified atom stereocenters. The highest BCUT2D eigenvalue weighted by atomic mass is 19.1. The minimum Gasteiger partial charge on any atom is -0.342 e. The summed E-state index contributed by atoms with van der Waals surface area (Å²) in [6.45, 7) is 3.99. The van der Waals surface area contributed by atoms with E-state index in [9.17, 15) is 14.0 Å². The standard InChI is InChI=1S/C17H18FN3O2/c1-10(2)21-9-13-14(16(22)20(4)17(23)19(13)3)15(21)11-5-7-12(18)8-6-11/h5-10H,1-4H3. The smallest absolute Gasteiger partial charge is 0.330 e. The molecule has 0 aliphatic heterocycles. The molecule has 0 amide bonds. The Hall–Kier alpha value is -2.63. The molecular formula is C17H18FN3O2. The monoisotopic (exact) mass is 315 g/mol. The minimum absolute atomic E-state index is 0.0854. The molecule has 0 bridgehead atoms. The summed E-state index contributed by atoms with van der Waals surface area (Å²) < 4.78 is 17.7. The van der Waals surface area contributed by atoms with Crippen molar-refractivity contribution in [1.82, 2.24) is 13.7 Å². The molecule has 0 atom stereocenters. The average Bonchev–Trinajstić information content (AvgIpc) is 2.92. The summed E-state index contributed by atoms with van der Waals surface area (Å²) >= 11 is 0. The van der Waals surface area contributed by atoms with Crippen LogP contribution in [-0.2, 0) is 14.1 Å². The third-order valence-electron chi connectivity index (χ3n) is 4.14. The van der Waals surface area contributed by atoms with Gasteiger partial charge in [0, 0.05) is 26.3 Å². The maximum absolute atomic E-state index is 13.2. The maximum atomic E-state index is 13.2. The summed E-state index contributed by atoms with van der Waals surface area (Å²) in [6, 6.07) is 6.11. The number of hydrogen-bond acceptors (Lipinski definition) is 2. The molecule has 0 fully saturated rings. The molecule has 3 rings (SSSR count). The quantitative estimate of drug-likeness (QED) is 0.729. The van der Waals surface area contributed by atoms with Crippen molar-refractivity contribution in [2.24, 2.45) is 14.1 Å². The van der Waals surface area contributed by atoms with Gasteiger partial charge in [-0.3, -0.25) is 13.9 Å². The summed E-state index contributed by atoms with van der Waals surface area (Å²) in [5, 5.41) is 0.468. The largest absolute Gasteiger partial charge is 0.342 e. The highest BCUT2D eigenvalue weighted by Gasteiger charge is 2.20. The molecule has 2 aromatic heterocycles. The third kappa shape index (κ3) is 2.21. The topological polar surface area (TPSA) is 48.9 Å². The van der Waals surface area contributed by atoms with Crippen LogP contribution in [0.2, 0.25) is 0 Å². The summed E-state index contributed by atoms with van der Waals surface area (Å²) in [6.07, 6.45) is 1.81. The summed E-state index contributed by atoms with van der Waals surface area (Å²) in [5.41, 5.74) is 1.30. The fraction of sp³-hybridized carbons (Fsp3) is 0.294. The average molecular weight is 315 g/mol. The molecule has 0 aliphatic rings. The predicted octanol–water partition coefficient (Wildman–Crippen LogP) is 2.43. The maximum Gasteiger partial charge on any atom is 0.330 e. The molecule has 1 aromatic carbocycles. The summed E-state index contributed by atoms with van der Waals surface area (Å²) in [4.78, 5) is 24.8. The van der Waals surface area contributed by atoms with E-state index in [1.165, 1.54) is 23.7 Å². The first kappa shape index (κ1) is 15.3. The molecule has 0 radical (unpaired) electrons. The van der Waals surface area contributed by atoms with Gasteiger partial charge in [-0.2, -0.15) is 0 Å². The SMILES string of the molecule is CC(C)n1cc2c(c1-c1ccc(F)cc1)c(=O)n(C)c(=O)n2C. The Balaban J connectivity index is 2.53. The molecule has 2 heterocycles. The van der Waals surface area contributed by atoms with Crippen LogP contribution < -0.4 is 11.2 Å². The van der Waals surface area contributed by atoms with Crippen LogP contribution in [-0.4, -0.2) is 13.7 Å². The van der Waals surface area contributed by atoms with Crippen molar-refractivity contribution in [1.29, 1.82) is 0 Å². The molecule has 0 N–H and O–H groups in total. The van der Waals surface area contributed by atoms with Crippen LogP contribution in [0.5, 0.6) is 0 Å². The van der Waals surface area contributed by atoms with Crippen molar-refractivity contribution in [2.75, 3.05) is 0 Å². The number of aromatic nitrogens is 3. The predicted molar refractivity (Wildman–Crippen MR) is 88.2 cm³/mol. The van der Waals surface area contributed by atoms with E-state index in [1.807, 2.05) is 24.6 Å². The highest BCUT2D eigenvalue weighted by Crippen LogP contribution is 2.30. The van der Waals surface area contributed by atoms with Gasteiger partial charge in [0.15, 0.2) is 0 Å². The Morgan fingerprint density at radius 1 is 1.00 bits per heavy atom. The number of aryl methyl sites for hydroxylation is 1. The Kier molecular flexibility index (Phi) is 3.47. The lowest BCUT2D eigenvalue weighted by atomic mass is 10.1. The second kappa shape index (κ2) is 5.22. The summed E-state index contributed by atoms with van der Waals surface area (Å²) in [5.74, 6) is -0.332. The Morgan fingerprint density at radius 2 is 1.61 bits per heavy atom. The Labute approximate surface area is 132 Å². The molecule has 0 aliphatic carbocycles. The van der Waals surface area contributed by atoms with Crippen molar-refractivity contribution in [3.63, 3.8) is 0 Å². The van der Waals surface area contributed by atoms with Gasteiger partial charge in [0.25, 0.3) is 5.56 Å². The lowest BCUT2D eigenvalue weighted by molar-refractivity contribution is 0.610. The molecule has 0 spiro atoms. The van der Waals surface area contributed by atoms with Gasteiger partial charge in [-0.05, 0) is 43.7 Å². The van der Waals surface area contributed by atoms with Crippen LogP contribution in [0.4, 0.5) is 4.39 Å². The van der Waals surface area contributed by atoms with Gasteiger partial charge in [0.05, 0.1) is 16.6 Å². The van der Waals surface area contributed by atoms with E-state index in [0.29, 0.717) is 16.6 Å². The number of nitrogens with zero attached hydrogens (tertiary/aromatic N) is 3. The normalized spacial score (nSPS) is 11.6. The molecule has 3 aromatic rings. The van der Waals surface area contributed by atoms with Crippen LogP contribution >= 0.6 is 0 Å². The molecule has 23 heavy (non-hydrogen) atoms. The zero-order chi connectivity index (χ0) is 16.9. The fourth-order valence-electron chi connectivity index (χ4n) is 2.87. The van der Waals surface area contributed by atoms with Gasteiger partial charge >= 0.3 is 5.69 Å².